The summed E-state index contributed by atoms with van der Waals surface area (Å²) in [6.07, 6.45) is 1.17. The molecule has 1 fully saturated rings. The summed E-state index contributed by atoms with van der Waals surface area (Å²) in [6.45, 7) is 21.0. The van der Waals surface area contributed by atoms with Gasteiger partial charge in [-0.1, -0.05) is 53.7 Å². The van der Waals surface area contributed by atoms with Crippen LogP contribution in [0.25, 0.3) is 0 Å². The standard InChI is InChI=1S/C29H49NO5/c1-26(2,3)22-13-19(14-23(25(22)34)27(4,5)6)11-12-24(33)35-21-15-28(7,8)30(17-20(32)18-31)29(9,10)16-21/h13-14,20-21,31-32,34H,11-12,15-18H2,1-10H3. The zero-order valence-corrected chi connectivity index (χ0v) is 23.7. The molecule has 1 aromatic rings. The Morgan fingerprint density at radius 2 is 1.49 bits per heavy atom. The van der Waals surface area contributed by atoms with E-state index in [-0.39, 0.29) is 47.0 Å². The summed E-state index contributed by atoms with van der Waals surface area (Å²) in [5.41, 5.74) is 1.82. The van der Waals surface area contributed by atoms with Crippen molar-refractivity contribution in [2.24, 2.45) is 0 Å². The van der Waals surface area contributed by atoms with Crippen molar-refractivity contribution in [3.8, 4) is 5.75 Å². The first-order valence-corrected chi connectivity index (χ1v) is 12.9. The van der Waals surface area contributed by atoms with Crippen LogP contribution in [0.1, 0.15) is 105 Å². The number of phenols is 1. The maximum atomic E-state index is 12.9. The van der Waals surface area contributed by atoms with E-state index in [4.69, 9.17) is 4.74 Å². The average molecular weight is 492 g/mol. The Labute approximate surface area is 212 Å². The number of aryl methyl sites for hydroxylation is 1. The van der Waals surface area contributed by atoms with Crippen molar-refractivity contribution >= 4 is 5.97 Å². The van der Waals surface area contributed by atoms with Crippen LogP contribution in [0.3, 0.4) is 0 Å². The van der Waals surface area contributed by atoms with Crippen LogP contribution in [0.15, 0.2) is 12.1 Å². The first kappa shape index (κ1) is 29.6. The number of piperidine rings is 1. The molecule has 0 amide bonds. The van der Waals surface area contributed by atoms with Crippen molar-refractivity contribution in [2.45, 2.75) is 129 Å². The number of ether oxygens (including phenoxy) is 1. The van der Waals surface area contributed by atoms with Crippen LogP contribution < -0.4 is 0 Å². The van der Waals surface area contributed by atoms with E-state index in [0.717, 1.165) is 16.7 Å². The molecule has 0 aliphatic carbocycles. The molecule has 0 spiro atoms. The fourth-order valence-corrected chi connectivity index (χ4v) is 5.55. The van der Waals surface area contributed by atoms with Gasteiger partial charge < -0.3 is 20.1 Å². The number of carbonyl (C=O) groups is 1. The maximum Gasteiger partial charge on any atom is 0.306 e. The molecular formula is C29H49NO5. The number of hydrogen-bond acceptors (Lipinski definition) is 6. The number of β-amino-alcohol motifs (C(OH)–C–C–N with tert-alkyl or cyclic N) is 1. The Balaban J connectivity index is 2.13. The van der Waals surface area contributed by atoms with E-state index in [1.165, 1.54) is 0 Å². The summed E-state index contributed by atoms with van der Waals surface area (Å²) in [7, 11) is 0. The summed E-state index contributed by atoms with van der Waals surface area (Å²) < 4.78 is 5.96. The minimum Gasteiger partial charge on any atom is -0.507 e. The second-order valence-electron chi connectivity index (χ2n) is 13.6. The molecule has 1 heterocycles. The number of carbonyl (C=O) groups excluding carboxylic acids is 1. The van der Waals surface area contributed by atoms with Gasteiger partial charge in [0.2, 0.25) is 0 Å². The molecule has 1 atom stereocenters. The number of rotatable bonds is 7. The molecule has 1 saturated heterocycles. The van der Waals surface area contributed by atoms with Crippen LogP contribution in [0.4, 0.5) is 0 Å². The van der Waals surface area contributed by atoms with E-state index in [1.54, 1.807) is 0 Å². The Hall–Kier alpha value is -1.63. The van der Waals surface area contributed by atoms with Crippen LogP contribution in [0.2, 0.25) is 0 Å². The van der Waals surface area contributed by atoms with Crippen molar-refractivity contribution in [3.05, 3.63) is 28.8 Å². The van der Waals surface area contributed by atoms with E-state index >= 15 is 0 Å². The van der Waals surface area contributed by atoms with Gasteiger partial charge in [0.15, 0.2) is 0 Å². The molecule has 0 bridgehead atoms. The SMILES string of the molecule is CC(C)(C)c1cc(CCC(=O)OC2CC(C)(C)N(CC(O)CO)C(C)(C)C2)cc(C(C)(C)C)c1O. The Morgan fingerprint density at radius 3 is 1.89 bits per heavy atom. The molecule has 0 aromatic heterocycles. The van der Waals surface area contributed by atoms with Crippen molar-refractivity contribution in [1.82, 2.24) is 4.90 Å². The zero-order valence-electron chi connectivity index (χ0n) is 23.7. The molecule has 1 aromatic carbocycles. The molecule has 200 valence electrons. The smallest absolute Gasteiger partial charge is 0.306 e. The Morgan fingerprint density at radius 1 is 1.03 bits per heavy atom. The van der Waals surface area contributed by atoms with Crippen molar-refractivity contribution in [1.29, 1.82) is 0 Å². The fraction of sp³-hybridized carbons (Fsp3) is 0.759. The van der Waals surface area contributed by atoms with Gasteiger partial charge in [-0.25, -0.2) is 0 Å². The van der Waals surface area contributed by atoms with Crippen LogP contribution in [0, 0.1) is 0 Å². The van der Waals surface area contributed by atoms with Crippen LogP contribution in [0.5, 0.6) is 5.75 Å². The monoisotopic (exact) mass is 491 g/mol. The lowest BCUT2D eigenvalue weighted by Gasteiger charge is -2.55. The molecule has 3 N–H and O–H groups in total. The molecular weight excluding hydrogens is 442 g/mol. The number of aliphatic hydroxyl groups is 2. The number of aromatic hydroxyl groups is 1. The van der Waals surface area contributed by atoms with E-state index in [1.807, 2.05) is 12.1 Å². The van der Waals surface area contributed by atoms with Crippen molar-refractivity contribution < 1.29 is 24.9 Å². The summed E-state index contributed by atoms with van der Waals surface area (Å²) in [4.78, 5) is 15.1. The normalized spacial score (nSPS) is 20.0. The van der Waals surface area contributed by atoms with Gasteiger partial charge >= 0.3 is 5.97 Å². The number of hydrogen-bond donors (Lipinski definition) is 3. The molecule has 6 heteroatoms. The highest BCUT2D eigenvalue weighted by molar-refractivity contribution is 5.70. The van der Waals surface area contributed by atoms with E-state index in [2.05, 4.69) is 74.1 Å². The number of aliphatic hydroxyl groups excluding tert-OH is 2. The first-order valence-electron chi connectivity index (χ1n) is 12.9. The Kier molecular flexibility index (Phi) is 8.79. The van der Waals surface area contributed by atoms with Gasteiger partial charge in [-0.05, 0) is 61.6 Å². The van der Waals surface area contributed by atoms with Gasteiger partial charge in [-0.2, -0.15) is 0 Å². The summed E-state index contributed by atoms with van der Waals surface area (Å²) in [6, 6.07) is 4.05. The highest BCUT2D eigenvalue weighted by Gasteiger charge is 2.46. The van der Waals surface area contributed by atoms with Crippen molar-refractivity contribution in [3.63, 3.8) is 0 Å². The van der Waals surface area contributed by atoms with E-state index < -0.39 is 6.10 Å². The molecule has 1 aliphatic heterocycles. The number of nitrogens with zero attached hydrogens (tertiary/aromatic N) is 1. The predicted molar refractivity (Wildman–Crippen MR) is 141 cm³/mol. The number of phenolic OH excluding ortho intramolecular Hbond substituents is 1. The third-order valence-electron chi connectivity index (χ3n) is 7.22. The molecule has 1 unspecified atom stereocenters. The van der Waals surface area contributed by atoms with Gasteiger partial charge in [-0.3, -0.25) is 9.69 Å². The third kappa shape index (κ3) is 7.43. The number of likely N-dealkylation sites (tertiary alicyclic amines) is 1. The van der Waals surface area contributed by atoms with Crippen LogP contribution in [-0.4, -0.2) is 62.6 Å². The topological polar surface area (TPSA) is 90.2 Å². The average Bonchev–Trinajstić information content (AvgIpc) is 2.67. The summed E-state index contributed by atoms with van der Waals surface area (Å²) >= 11 is 0. The molecule has 0 radical (unpaired) electrons. The van der Waals surface area contributed by atoms with E-state index in [9.17, 15) is 20.1 Å². The summed E-state index contributed by atoms with van der Waals surface area (Å²) in [5, 5.41) is 30.3. The molecule has 1 aliphatic rings. The molecule has 2 rings (SSSR count). The second-order valence-corrected chi connectivity index (χ2v) is 13.6. The van der Waals surface area contributed by atoms with Gasteiger partial charge in [-0.15, -0.1) is 0 Å². The van der Waals surface area contributed by atoms with Gasteiger partial charge in [0.25, 0.3) is 0 Å². The second kappa shape index (κ2) is 10.4. The van der Waals surface area contributed by atoms with Crippen LogP contribution >= 0.6 is 0 Å². The number of esters is 1. The number of benzene rings is 1. The third-order valence-corrected chi connectivity index (χ3v) is 7.22. The maximum absolute atomic E-state index is 12.9. The zero-order chi connectivity index (χ0) is 27.0. The lowest BCUT2D eigenvalue weighted by Crippen LogP contribution is -2.64. The van der Waals surface area contributed by atoms with Crippen LogP contribution in [-0.2, 0) is 26.8 Å². The lowest BCUT2D eigenvalue weighted by molar-refractivity contribution is -0.162. The first-order chi connectivity index (χ1) is 15.8. The van der Waals surface area contributed by atoms with E-state index in [0.29, 0.717) is 31.6 Å². The van der Waals surface area contributed by atoms with Gasteiger partial charge in [0, 0.05) is 36.9 Å². The minimum atomic E-state index is -0.797. The quantitative estimate of drug-likeness (QED) is 0.473. The molecule has 0 saturated carbocycles. The summed E-state index contributed by atoms with van der Waals surface area (Å²) in [5.74, 6) is 0.131. The van der Waals surface area contributed by atoms with Gasteiger partial charge in [0.05, 0.1) is 12.7 Å². The fourth-order valence-electron chi connectivity index (χ4n) is 5.55. The molecule has 35 heavy (non-hydrogen) atoms. The Bertz CT molecular complexity index is 838. The lowest BCUT2D eigenvalue weighted by atomic mass is 9.77. The highest BCUT2D eigenvalue weighted by Crippen LogP contribution is 2.41. The highest BCUT2D eigenvalue weighted by atomic mass is 16.5. The van der Waals surface area contributed by atoms with Crippen molar-refractivity contribution in [2.75, 3.05) is 13.2 Å². The molecule has 6 nitrogen and oxygen atoms in total. The minimum absolute atomic E-state index is 0.204. The largest absolute Gasteiger partial charge is 0.507 e. The van der Waals surface area contributed by atoms with Gasteiger partial charge in [0.1, 0.15) is 11.9 Å². The predicted octanol–water partition coefficient (Wildman–Crippen LogP) is 4.84.